The van der Waals surface area contributed by atoms with Gasteiger partial charge in [-0.1, -0.05) is 0 Å². The number of hydrogen-bond acceptors (Lipinski definition) is 6. The molecule has 106 valence electrons. The molecule has 0 bridgehead atoms. The fourth-order valence-corrected chi connectivity index (χ4v) is 1.82. The third-order valence-electron chi connectivity index (χ3n) is 2.38. The topological polar surface area (TPSA) is 49.0 Å². The highest BCUT2D eigenvalue weighted by molar-refractivity contribution is 7.80. The molecular weight excluding hydrogens is 266 g/mol. The maximum Gasteiger partial charge on any atom is 0.203 e. The summed E-state index contributed by atoms with van der Waals surface area (Å²) in [5.41, 5.74) is 0.790. The Morgan fingerprint density at radius 3 is 2.00 bits per heavy atom. The Hall–Kier alpha value is -1.69. The van der Waals surface area contributed by atoms with Crippen molar-refractivity contribution < 1.29 is 18.9 Å². The van der Waals surface area contributed by atoms with E-state index in [1.807, 2.05) is 6.92 Å². The summed E-state index contributed by atoms with van der Waals surface area (Å²) in [5.74, 6) is 1.71. The minimum Gasteiger partial charge on any atom is -0.493 e. The lowest BCUT2D eigenvalue weighted by molar-refractivity contribution is 0.242. The fraction of sp³-hybridized carbons (Fsp3) is 0.462. The monoisotopic (exact) mass is 285 g/mol. The Balaban J connectivity index is 2.99. The maximum absolute atomic E-state index is 5.37. The highest BCUT2D eigenvalue weighted by atomic mass is 32.1. The van der Waals surface area contributed by atoms with Crippen LogP contribution in [-0.4, -0.2) is 32.6 Å². The molecule has 5 nitrogen and oxygen atoms in total. The third kappa shape index (κ3) is 4.17. The minimum absolute atomic E-state index is 0.250. The average Bonchev–Trinajstić information content (AvgIpc) is 2.36. The number of methoxy groups -OCH3 is 3. The molecule has 0 heterocycles. The van der Waals surface area contributed by atoms with Gasteiger partial charge in [-0.25, -0.2) is 0 Å². The molecule has 0 aliphatic rings. The summed E-state index contributed by atoms with van der Waals surface area (Å²) in [4.78, 5) is 0. The lowest BCUT2D eigenvalue weighted by atomic mass is 10.2. The fourth-order valence-electron chi connectivity index (χ4n) is 1.68. The quantitative estimate of drug-likeness (QED) is 0.640. The van der Waals surface area contributed by atoms with E-state index in [9.17, 15) is 0 Å². The van der Waals surface area contributed by atoms with Crippen molar-refractivity contribution >= 4 is 23.0 Å². The van der Waals surface area contributed by atoms with Crippen molar-refractivity contribution in [1.82, 2.24) is 0 Å². The van der Waals surface area contributed by atoms with Crippen LogP contribution >= 0.6 is 12.2 Å². The smallest absolute Gasteiger partial charge is 0.203 e. The Kier molecular flexibility index (Phi) is 5.69. The first-order valence-corrected chi connectivity index (χ1v) is 6.16. The van der Waals surface area contributed by atoms with Crippen LogP contribution in [0.15, 0.2) is 12.1 Å². The van der Waals surface area contributed by atoms with Crippen LogP contribution in [0.4, 0.5) is 5.69 Å². The minimum atomic E-state index is -0.250. The molecule has 0 radical (unpaired) electrons. The molecule has 0 saturated heterocycles. The molecular formula is C13H19NO4S. The first-order valence-electron chi connectivity index (χ1n) is 5.75. The average molecular weight is 285 g/mol. The van der Waals surface area contributed by atoms with Gasteiger partial charge in [0.2, 0.25) is 5.75 Å². The zero-order valence-corrected chi connectivity index (χ0v) is 12.6. The van der Waals surface area contributed by atoms with E-state index < -0.39 is 0 Å². The summed E-state index contributed by atoms with van der Waals surface area (Å²) >= 11 is 4.89. The largest absolute Gasteiger partial charge is 0.493 e. The number of anilines is 1. The molecule has 0 fully saturated rings. The van der Waals surface area contributed by atoms with Crippen molar-refractivity contribution in [3.8, 4) is 17.2 Å². The second-order valence-corrected chi connectivity index (χ2v) is 4.38. The van der Waals surface area contributed by atoms with Crippen molar-refractivity contribution in [2.45, 2.75) is 20.1 Å². The molecule has 1 aromatic rings. The van der Waals surface area contributed by atoms with Crippen molar-refractivity contribution in [1.29, 1.82) is 0 Å². The first kappa shape index (κ1) is 15.4. The number of thiocarbonyl (C=S) groups is 1. The van der Waals surface area contributed by atoms with Crippen LogP contribution in [0.25, 0.3) is 0 Å². The molecule has 0 aliphatic carbocycles. The van der Waals surface area contributed by atoms with E-state index in [0.717, 1.165) is 5.69 Å². The lowest BCUT2D eigenvalue weighted by Gasteiger charge is -2.19. The normalized spacial score (nSPS) is 11.4. The highest BCUT2D eigenvalue weighted by Gasteiger charge is 2.14. The summed E-state index contributed by atoms with van der Waals surface area (Å²) in [6.07, 6.45) is -0.250. The molecule has 1 aromatic carbocycles. The van der Waals surface area contributed by atoms with Gasteiger partial charge in [-0.15, -0.1) is 0 Å². The molecule has 1 unspecified atom stereocenters. The van der Waals surface area contributed by atoms with E-state index in [1.165, 1.54) is 0 Å². The van der Waals surface area contributed by atoms with Crippen LogP contribution in [-0.2, 0) is 4.74 Å². The predicted molar refractivity (Wildman–Crippen MR) is 78.5 cm³/mol. The standard InChI is InChI=1S/C13H19NO4S/c1-8(18-9(2)19)14-10-6-11(15-3)13(17-5)12(7-10)16-4/h6-8,14H,1-5H3. The summed E-state index contributed by atoms with van der Waals surface area (Å²) < 4.78 is 21.2. The van der Waals surface area contributed by atoms with Gasteiger partial charge in [0.1, 0.15) is 0 Å². The van der Waals surface area contributed by atoms with Gasteiger partial charge in [-0.3, -0.25) is 0 Å². The van der Waals surface area contributed by atoms with Gasteiger partial charge in [0, 0.05) is 24.7 Å². The van der Waals surface area contributed by atoms with E-state index in [1.54, 1.807) is 40.4 Å². The zero-order chi connectivity index (χ0) is 14.4. The second-order valence-electron chi connectivity index (χ2n) is 3.81. The summed E-state index contributed by atoms with van der Waals surface area (Å²) in [6, 6.07) is 3.61. The summed E-state index contributed by atoms with van der Waals surface area (Å²) in [7, 11) is 4.71. The van der Waals surface area contributed by atoms with Gasteiger partial charge >= 0.3 is 0 Å². The van der Waals surface area contributed by atoms with Crippen molar-refractivity contribution in [3.05, 3.63) is 12.1 Å². The van der Waals surface area contributed by atoms with Crippen LogP contribution in [0.2, 0.25) is 0 Å². The van der Waals surface area contributed by atoms with E-state index in [4.69, 9.17) is 31.2 Å². The Morgan fingerprint density at radius 1 is 1.11 bits per heavy atom. The van der Waals surface area contributed by atoms with Gasteiger partial charge in [0.15, 0.2) is 22.8 Å². The first-order chi connectivity index (χ1) is 9.01. The van der Waals surface area contributed by atoms with E-state index in [2.05, 4.69) is 5.32 Å². The molecule has 0 aromatic heterocycles. The zero-order valence-electron chi connectivity index (χ0n) is 11.8. The number of benzene rings is 1. The van der Waals surface area contributed by atoms with E-state index in [0.29, 0.717) is 22.3 Å². The van der Waals surface area contributed by atoms with E-state index in [-0.39, 0.29) is 6.23 Å². The molecule has 0 spiro atoms. The SMILES string of the molecule is COc1cc(NC(C)OC(C)=S)cc(OC)c1OC. The Bertz CT molecular complexity index is 425. The molecule has 1 atom stereocenters. The lowest BCUT2D eigenvalue weighted by Crippen LogP contribution is -2.20. The molecule has 1 N–H and O–H groups in total. The molecule has 0 saturated carbocycles. The van der Waals surface area contributed by atoms with Gasteiger partial charge < -0.3 is 24.3 Å². The van der Waals surface area contributed by atoms with Crippen LogP contribution in [0.1, 0.15) is 13.8 Å². The molecule has 1 rings (SSSR count). The van der Waals surface area contributed by atoms with Crippen LogP contribution in [0, 0.1) is 0 Å². The van der Waals surface area contributed by atoms with Crippen molar-refractivity contribution in [3.63, 3.8) is 0 Å². The van der Waals surface area contributed by atoms with E-state index >= 15 is 0 Å². The van der Waals surface area contributed by atoms with Gasteiger partial charge in [0.25, 0.3) is 0 Å². The van der Waals surface area contributed by atoms with Gasteiger partial charge in [0.05, 0.1) is 21.3 Å². The number of rotatable bonds is 6. The predicted octanol–water partition coefficient (Wildman–Crippen LogP) is 2.83. The number of nitrogens with one attached hydrogen (secondary N) is 1. The van der Waals surface area contributed by atoms with Gasteiger partial charge in [-0.2, -0.15) is 0 Å². The Morgan fingerprint density at radius 2 is 1.63 bits per heavy atom. The number of hydrogen-bond donors (Lipinski definition) is 1. The second kappa shape index (κ2) is 7.04. The molecule has 0 amide bonds. The maximum atomic E-state index is 5.37. The highest BCUT2D eigenvalue weighted by Crippen LogP contribution is 2.40. The number of ether oxygens (including phenoxy) is 4. The molecule has 19 heavy (non-hydrogen) atoms. The van der Waals surface area contributed by atoms with Crippen LogP contribution < -0.4 is 19.5 Å². The summed E-state index contributed by atoms with van der Waals surface area (Å²) in [6.45, 7) is 3.59. The molecule has 6 heteroatoms. The van der Waals surface area contributed by atoms with Crippen LogP contribution in [0.3, 0.4) is 0 Å². The van der Waals surface area contributed by atoms with Gasteiger partial charge in [-0.05, 0) is 19.1 Å². The van der Waals surface area contributed by atoms with Crippen LogP contribution in [0.5, 0.6) is 17.2 Å². The summed E-state index contributed by atoms with van der Waals surface area (Å²) in [5, 5.41) is 3.63. The Labute approximate surface area is 118 Å². The van der Waals surface area contributed by atoms with Crippen molar-refractivity contribution in [2.24, 2.45) is 0 Å². The van der Waals surface area contributed by atoms with Crippen molar-refractivity contribution in [2.75, 3.05) is 26.6 Å². The molecule has 0 aliphatic heterocycles. The third-order valence-corrected chi connectivity index (χ3v) is 2.47.